The Morgan fingerprint density at radius 3 is 3.20 bits per heavy atom. The lowest BCUT2D eigenvalue weighted by molar-refractivity contribution is -0.132. The molecule has 0 N–H and O–H groups in total. The van der Waals surface area contributed by atoms with Gasteiger partial charge in [0.2, 0.25) is 5.91 Å². The minimum atomic E-state index is 0.191. The van der Waals surface area contributed by atoms with Gasteiger partial charge in [0.1, 0.15) is 5.76 Å². The van der Waals surface area contributed by atoms with Crippen molar-refractivity contribution in [2.24, 2.45) is 5.92 Å². The molecule has 0 aliphatic carbocycles. The van der Waals surface area contributed by atoms with Crippen molar-refractivity contribution in [1.29, 1.82) is 0 Å². The first-order chi connectivity index (χ1) is 7.25. The molecule has 0 spiro atoms. The van der Waals surface area contributed by atoms with Gasteiger partial charge in [-0.1, -0.05) is 6.92 Å². The number of carbonyl (C=O) groups excluding carboxylic acids is 1. The zero-order chi connectivity index (χ0) is 10.7. The van der Waals surface area contributed by atoms with Crippen LogP contribution in [0.4, 0.5) is 0 Å². The summed E-state index contributed by atoms with van der Waals surface area (Å²) in [5.41, 5.74) is 0. The van der Waals surface area contributed by atoms with Crippen molar-refractivity contribution in [2.45, 2.75) is 26.2 Å². The van der Waals surface area contributed by atoms with Crippen molar-refractivity contribution in [3.63, 3.8) is 0 Å². The van der Waals surface area contributed by atoms with E-state index in [1.165, 1.54) is 6.42 Å². The zero-order valence-electron chi connectivity index (χ0n) is 9.11. The molecule has 0 aromatic carbocycles. The zero-order valence-corrected chi connectivity index (χ0v) is 9.11. The van der Waals surface area contributed by atoms with Crippen LogP contribution in [0.15, 0.2) is 22.8 Å². The largest absolute Gasteiger partial charge is 0.469 e. The minimum absolute atomic E-state index is 0.191. The molecule has 2 rings (SSSR count). The Hall–Kier alpha value is -1.25. The average Bonchev–Trinajstić information content (AvgIpc) is 2.70. The Labute approximate surface area is 90.1 Å². The molecule has 0 radical (unpaired) electrons. The van der Waals surface area contributed by atoms with Gasteiger partial charge in [0.15, 0.2) is 0 Å². The summed E-state index contributed by atoms with van der Waals surface area (Å²) in [4.78, 5) is 13.8. The number of hydrogen-bond donors (Lipinski definition) is 0. The van der Waals surface area contributed by atoms with Crippen LogP contribution < -0.4 is 0 Å². The highest BCUT2D eigenvalue weighted by molar-refractivity contribution is 5.78. The van der Waals surface area contributed by atoms with Crippen LogP contribution in [0.5, 0.6) is 0 Å². The maximum Gasteiger partial charge on any atom is 0.230 e. The van der Waals surface area contributed by atoms with E-state index in [1.807, 2.05) is 17.0 Å². The number of rotatable bonds is 2. The van der Waals surface area contributed by atoms with E-state index in [4.69, 9.17) is 4.42 Å². The maximum absolute atomic E-state index is 11.9. The number of hydrogen-bond acceptors (Lipinski definition) is 2. The molecule has 1 unspecified atom stereocenters. The Morgan fingerprint density at radius 2 is 2.53 bits per heavy atom. The molecule has 2 heterocycles. The monoisotopic (exact) mass is 207 g/mol. The Balaban J connectivity index is 1.90. The molecule has 82 valence electrons. The highest BCUT2D eigenvalue weighted by Crippen LogP contribution is 2.16. The van der Waals surface area contributed by atoms with Crippen molar-refractivity contribution >= 4 is 5.91 Å². The third kappa shape index (κ3) is 2.61. The SMILES string of the molecule is CC1CCCN(C(=O)Cc2ccco2)C1. The van der Waals surface area contributed by atoms with Gasteiger partial charge in [-0.15, -0.1) is 0 Å². The normalized spacial score (nSPS) is 21.7. The van der Waals surface area contributed by atoms with Crippen molar-refractivity contribution < 1.29 is 9.21 Å². The fourth-order valence-corrected chi connectivity index (χ4v) is 2.09. The van der Waals surface area contributed by atoms with Crippen molar-refractivity contribution in [3.8, 4) is 0 Å². The average molecular weight is 207 g/mol. The van der Waals surface area contributed by atoms with E-state index in [-0.39, 0.29) is 5.91 Å². The standard InChI is InChI=1S/C12H17NO2/c1-10-4-2-6-13(9-10)12(14)8-11-5-3-7-15-11/h3,5,7,10H,2,4,6,8-9H2,1H3. The van der Waals surface area contributed by atoms with Gasteiger partial charge in [0.25, 0.3) is 0 Å². The number of nitrogens with zero attached hydrogens (tertiary/aromatic N) is 1. The summed E-state index contributed by atoms with van der Waals surface area (Å²) in [7, 11) is 0. The predicted molar refractivity (Wildman–Crippen MR) is 57.4 cm³/mol. The van der Waals surface area contributed by atoms with E-state index < -0.39 is 0 Å². The summed E-state index contributed by atoms with van der Waals surface area (Å²) in [6.45, 7) is 4.01. The summed E-state index contributed by atoms with van der Waals surface area (Å²) in [5, 5.41) is 0. The quantitative estimate of drug-likeness (QED) is 0.744. The highest BCUT2D eigenvalue weighted by atomic mass is 16.3. The molecule has 1 saturated heterocycles. The fraction of sp³-hybridized carbons (Fsp3) is 0.583. The molecular weight excluding hydrogens is 190 g/mol. The van der Waals surface area contributed by atoms with Gasteiger partial charge in [0.05, 0.1) is 12.7 Å². The Morgan fingerprint density at radius 1 is 1.67 bits per heavy atom. The summed E-state index contributed by atoms with van der Waals surface area (Å²) in [5.74, 6) is 1.59. The summed E-state index contributed by atoms with van der Waals surface area (Å²) in [6, 6.07) is 3.67. The van der Waals surface area contributed by atoms with Crippen molar-refractivity contribution in [3.05, 3.63) is 24.2 Å². The van der Waals surface area contributed by atoms with Crippen molar-refractivity contribution in [2.75, 3.05) is 13.1 Å². The van der Waals surface area contributed by atoms with E-state index in [2.05, 4.69) is 6.92 Å². The fourth-order valence-electron chi connectivity index (χ4n) is 2.09. The second-order valence-corrected chi connectivity index (χ2v) is 4.34. The van der Waals surface area contributed by atoms with Gasteiger partial charge >= 0.3 is 0 Å². The van der Waals surface area contributed by atoms with E-state index in [0.29, 0.717) is 12.3 Å². The van der Waals surface area contributed by atoms with Gasteiger partial charge < -0.3 is 9.32 Å². The third-order valence-corrected chi connectivity index (χ3v) is 2.92. The Kier molecular flexibility index (Phi) is 3.09. The van der Waals surface area contributed by atoms with Gasteiger partial charge in [-0.3, -0.25) is 4.79 Å². The van der Waals surface area contributed by atoms with Gasteiger partial charge in [-0.25, -0.2) is 0 Å². The summed E-state index contributed by atoms with van der Waals surface area (Å²) in [6.07, 6.45) is 4.39. The number of amides is 1. The smallest absolute Gasteiger partial charge is 0.230 e. The number of carbonyl (C=O) groups is 1. The molecule has 1 fully saturated rings. The summed E-state index contributed by atoms with van der Waals surface area (Å²) >= 11 is 0. The molecule has 0 bridgehead atoms. The van der Waals surface area contributed by atoms with Crippen LogP contribution in [-0.2, 0) is 11.2 Å². The topological polar surface area (TPSA) is 33.5 Å². The number of furan rings is 1. The molecule has 3 nitrogen and oxygen atoms in total. The van der Waals surface area contributed by atoms with E-state index >= 15 is 0 Å². The minimum Gasteiger partial charge on any atom is -0.469 e. The lowest BCUT2D eigenvalue weighted by Crippen LogP contribution is -2.39. The van der Waals surface area contributed by atoms with Gasteiger partial charge in [-0.05, 0) is 30.9 Å². The first-order valence-corrected chi connectivity index (χ1v) is 5.56. The van der Waals surface area contributed by atoms with Crippen LogP contribution in [-0.4, -0.2) is 23.9 Å². The molecule has 1 atom stereocenters. The maximum atomic E-state index is 11.9. The number of likely N-dealkylation sites (tertiary alicyclic amines) is 1. The molecule has 3 heteroatoms. The van der Waals surface area contributed by atoms with Gasteiger partial charge in [-0.2, -0.15) is 0 Å². The molecule has 1 aromatic heterocycles. The molecule has 1 aliphatic rings. The first kappa shape index (κ1) is 10.3. The Bertz CT molecular complexity index is 318. The van der Waals surface area contributed by atoms with E-state index in [1.54, 1.807) is 6.26 Å². The lowest BCUT2D eigenvalue weighted by Gasteiger charge is -2.30. The molecule has 1 aliphatic heterocycles. The molecule has 1 aromatic rings. The first-order valence-electron chi connectivity index (χ1n) is 5.56. The van der Waals surface area contributed by atoms with E-state index in [9.17, 15) is 4.79 Å². The molecule has 1 amide bonds. The van der Waals surface area contributed by atoms with Crippen molar-refractivity contribution in [1.82, 2.24) is 4.90 Å². The van der Waals surface area contributed by atoms with E-state index in [0.717, 1.165) is 25.3 Å². The molecule has 15 heavy (non-hydrogen) atoms. The van der Waals surface area contributed by atoms with Gasteiger partial charge in [0, 0.05) is 13.1 Å². The predicted octanol–water partition coefficient (Wildman–Crippen LogP) is 2.08. The highest BCUT2D eigenvalue weighted by Gasteiger charge is 2.21. The second kappa shape index (κ2) is 4.51. The second-order valence-electron chi connectivity index (χ2n) is 4.34. The number of piperidine rings is 1. The van der Waals surface area contributed by atoms with Crippen LogP contribution in [0.1, 0.15) is 25.5 Å². The van der Waals surface area contributed by atoms with Crippen LogP contribution in [0.3, 0.4) is 0 Å². The lowest BCUT2D eigenvalue weighted by atomic mass is 10.00. The van der Waals surface area contributed by atoms with Crippen LogP contribution in [0.25, 0.3) is 0 Å². The molecule has 0 saturated carbocycles. The third-order valence-electron chi connectivity index (χ3n) is 2.92. The van der Waals surface area contributed by atoms with Crippen LogP contribution in [0, 0.1) is 5.92 Å². The summed E-state index contributed by atoms with van der Waals surface area (Å²) < 4.78 is 5.17. The van der Waals surface area contributed by atoms with Crippen LogP contribution in [0.2, 0.25) is 0 Å². The van der Waals surface area contributed by atoms with Crippen LogP contribution >= 0.6 is 0 Å². The molecular formula is C12H17NO2.